The molecular weight excluding hydrogens is 401 g/mol. The Hall–Kier alpha value is -2.62. The first-order valence-corrected chi connectivity index (χ1v) is 10.6. The third-order valence-electron chi connectivity index (χ3n) is 3.88. The minimum absolute atomic E-state index is 0.0591. The lowest BCUT2D eigenvalue weighted by atomic mass is 10.2. The van der Waals surface area contributed by atoms with Crippen molar-refractivity contribution in [1.29, 1.82) is 0 Å². The SMILES string of the molecule is CN(C)S(=O)(=O)c1ccc(NC(=O)Cc2csc(-c3cccc(F)c3)n2)cc1. The maximum atomic E-state index is 13.3. The molecule has 0 saturated heterocycles. The molecule has 1 N–H and O–H groups in total. The highest BCUT2D eigenvalue weighted by atomic mass is 32.2. The number of carbonyl (C=O) groups excluding carboxylic acids is 1. The van der Waals surface area contributed by atoms with E-state index in [-0.39, 0.29) is 23.0 Å². The van der Waals surface area contributed by atoms with Gasteiger partial charge in [0.25, 0.3) is 0 Å². The average molecular weight is 420 g/mol. The highest BCUT2D eigenvalue weighted by Gasteiger charge is 2.17. The lowest BCUT2D eigenvalue weighted by Gasteiger charge is -2.11. The van der Waals surface area contributed by atoms with Gasteiger partial charge in [0.1, 0.15) is 10.8 Å². The maximum Gasteiger partial charge on any atom is 0.242 e. The van der Waals surface area contributed by atoms with Crippen LogP contribution in [0.2, 0.25) is 0 Å². The highest BCUT2D eigenvalue weighted by Crippen LogP contribution is 2.24. The molecule has 0 unspecified atom stereocenters. The molecule has 3 rings (SSSR count). The normalized spacial score (nSPS) is 11.6. The van der Waals surface area contributed by atoms with Crippen molar-refractivity contribution in [2.45, 2.75) is 11.3 Å². The molecule has 146 valence electrons. The molecule has 0 bridgehead atoms. The summed E-state index contributed by atoms with van der Waals surface area (Å²) in [6, 6.07) is 12.1. The van der Waals surface area contributed by atoms with E-state index < -0.39 is 10.0 Å². The molecule has 9 heteroatoms. The molecule has 0 aliphatic rings. The summed E-state index contributed by atoms with van der Waals surface area (Å²) in [6.07, 6.45) is 0.0591. The van der Waals surface area contributed by atoms with E-state index in [1.807, 2.05) is 0 Å². The van der Waals surface area contributed by atoms with Gasteiger partial charge in [-0.25, -0.2) is 22.1 Å². The fourth-order valence-electron chi connectivity index (χ4n) is 2.43. The molecular formula is C19H18FN3O3S2. The highest BCUT2D eigenvalue weighted by molar-refractivity contribution is 7.89. The predicted octanol–water partition coefficient (Wildman–Crippen LogP) is 3.38. The monoisotopic (exact) mass is 419 g/mol. The number of nitrogens with zero attached hydrogens (tertiary/aromatic N) is 2. The number of nitrogens with one attached hydrogen (secondary N) is 1. The van der Waals surface area contributed by atoms with Crippen molar-refractivity contribution >= 4 is 33.0 Å². The predicted molar refractivity (Wildman–Crippen MR) is 107 cm³/mol. The van der Waals surface area contributed by atoms with Crippen LogP contribution in [-0.2, 0) is 21.2 Å². The number of sulfonamides is 1. The van der Waals surface area contributed by atoms with Gasteiger partial charge in [-0.2, -0.15) is 0 Å². The minimum Gasteiger partial charge on any atom is -0.326 e. The van der Waals surface area contributed by atoms with Gasteiger partial charge in [-0.05, 0) is 36.4 Å². The van der Waals surface area contributed by atoms with Gasteiger partial charge in [-0.3, -0.25) is 4.79 Å². The number of aromatic nitrogens is 1. The summed E-state index contributed by atoms with van der Waals surface area (Å²) in [4.78, 5) is 16.8. The van der Waals surface area contributed by atoms with Crippen molar-refractivity contribution in [2.75, 3.05) is 19.4 Å². The van der Waals surface area contributed by atoms with Gasteiger partial charge in [0.05, 0.1) is 17.0 Å². The van der Waals surface area contributed by atoms with Crippen molar-refractivity contribution in [1.82, 2.24) is 9.29 Å². The zero-order valence-electron chi connectivity index (χ0n) is 15.2. The van der Waals surface area contributed by atoms with Crippen LogP contribution >= 0.6 is 11.3 Å². The number of hydrogen-bond donors (Lipinski definition) is 1. The molecule has 0 aliphatic heterocycles. The zero-order chi connectivity index (χ0) is 20.3. The summed E-state index contributed by atoms with van der Waals surface area (Å²) in [5.74, 6) is -0.619. The Kier molecular flexibility index (Phi) is 5.87. The van der Waals surface area contributed by atoms with Crippen molar-refractivity contribution in [3.63, 3.8) is 0 Å². The molecule has 0 radical (unpaired) electrons. The molecule has 1 aromatic heterocycles. The first-order chi connectivity index (χ1) is 13.3. The Morgan fingerprint density at radius 3 is 2.54 bits per heavy atom. The molecule has 0 fully saturated rings. The second kappa shape index (κ2) is 8.17. The summed E-state index contributed by atoms with van der Waals surface area (Å²) in [5.41, 5.74) is 1.73. The summed E-state index contributed by atoms with van der Waals surface area (Å²) < 4.78 is 38.6. The van der Waals surface area contributed by atoms with Gasteiger partial charge in [0.15, 0.2) is 0 Å². The molecule has 1 heterocycles. The molecule has 0 aliphatic carbocycles. The number of hydrogen-bond acceptors (Lipinski definition) is 5. The fourth-order valence-corrected chi connectivity index (χ4v) is 4.15. The van der Waals surface area contributed by atoms with E-state index in [2.05, 4.69) is 10.3 Å². The van der Waals surface area contributed by atoms with E-state index in [0.29, 0.717) is 22.0 Å². The number of amides is 1. The maximum absolute atomic E-state index is 13.3. The number of benzene rings is 2. The Bertz CT molecular complexity index is 1090. The Labute approximate surface area is 166 Å². The smallest absolute Gasteiger partial charge is 0.242 e. The second-order valence-electron chi connectivity index (χ2n) is 6.19. The zero-order valence-corrected chi connectivity index (χ0v) is 16.8. The summed E-state index contributed by atoms with van der Waals surface area (Å²) in [7, 11) is -0.601. The van der Waals surface area contributed by atoms with Gasteiger partial charge < -0.3 is 5.32 Å². The second-order valence-corrected chi connectivity index (χ2v) is 9.20. The molecule has 0 atom stereocenters. The summed E-state index contributed by atoms with van der Waals surface area (Å²) in [6.45, 7) is 0. The summed E-state index contributed by atoms with van der Waals surface area (Å²) >= 11 is 1.34. The standard InChI is InChI=1S/C19H18FN3O3S2/c1-23(2)28(25,26)17-8-6-15(7-9-17)21-18(24)11-16-12-27-19(22-16)13-4-3-5-14(20)10-13/h3-10,12H,11H2,1-2H3,(H,21,24). The molecule has 0 saturated carbocycles. The lowest BCUT2D eigenvalue weighted by molar-refractivity contribution is -0.115. The van der Waals surface area contributed by atoms with Crippen LogP contribution in [-0.4, -0.2) is 37.7 Å². The van der Waals surface area contributed by atoms with E-state index >= 15 is 0 Å². The van der Waals surface area contributed by atoms with Crippen LogP contribution in [0.4, 0.5) is 10.1 Å². The van der Waals surface area contributed by atoms with Crippen LogP contribution in [0.15, 0.2) is 58.8 Å². The lowest BCUT2D eigenvalue weighted by Crippen LogP contribution is -2.22. The summed E-state index contributed by atoms with van der Waals surface area (Å²) in [5, 5.41) is 5.11. The molecule has 2 aromatic carbocycles. The van der Waals surface area contributed by atoms with Crippen LogP contribution in [0.5, 0.6) is 0 Å². The van der Waals surface area contributed by atoms with E-state index in [0.717, 1.165) is 4.31 Å². The number of halogens is 1. The molecule has 6 nitrogen and oxygen atoms in total. The topological polar surface area (TPSA) is 79.4 Å². The average Bonchev–Trinajstić information content (AvgIpc) is 3.10. The molecule has 0 spiro atoms. The van der Waals surface area contributed by atoms with Crippen molar-refractivity contribution in [3.8, 4) is 10.6 Å². The van der Waals surface area contributed by atoms with Crippen molar-refractivity contribution in [2.24, 2.45) is 0 Å². The van der Waals surface area contributed by atoms with Crippen LogP contribution in [0.25, 0.3) is 10.6 Å². The first-order valence-electron chi connectivity index (χ1n) is 8.28. The molecule has 28 heavy (non-hydrogen) atoms. The number of rotatable bonds is 6. The Morgan fingerprint density at radius 1 is 1.18 bits per heavy atom. The van der Waals surface area contributed by atoms with Gasteiger partial charge in [0, 0.05) is 30.7 Å². The Balaban J connectivity index is 1.65. The van der Waals surface area contributed by atoms with E-state index in [1.54, 1.807) is 17.5 Å². The van der Waals surface area contributed by atoms with Crippen LogP contribution in [0.3, 0.4) is 0 Å². The largest absolute Gasteiger partial charge is 0.326 e. The third-order valence-corrected chi connectivity index (χ3v) is 6.65. The van der Waals surface area contributed by atoms with E-state index in [9.17, 15) is 17.6 Å². The van der Waals surface area contributed by atoms with Gasteiger partial charge >= 0.3 is 0 Å². The molecule has 1 amide bonds. The van der Waals surface area contributed by atoms with E-state index in [4.69, 9.17) is 0 Å². The number of thiazole rings is 1. The quantitative estimate of drug-likeness (QED) is 0.664. The van der Waals surface area contributed by atoms with Crippen LogP contribution in [0, 0.1) is 5.82 Å². The van der Waals surface area contributed by atoms with Crippen LogP contribution < -0.4 is 5.32 Å². The van der Waals surface area contributed by atoms with Crippen molar-refractivity contribution in [3.05, 3.63) is 65.4 Å². The van der Waals surface area contributed by atoms with Gasteiger partial charge in [-0.15, -0.1) is 11.3 Å². The van der Waals surface area contributed by atoms with Gasteiger partial charge in [-0.1, -0.05) is 12.1 Å². The Morgan fingerprint density at radius 2 is 1.89 bits per heavy atom. The number of carbonyl (C=O) groups is 1. The van der Waals surface area contributed by atoms with Gasteiger partial charge in [0.2, 0.25) is 15.9 Å². The number of anilines is 1. The fraction of sp³-hybridized carbons (Fsp3) is 0.158. The van der Waals surface area contributed by atoms with Crippen LogP contribution in [0.1, 0.15) is 5.69 Å². The minimum atomic E-state index is -3.51. The van der Waals surface area contributed by atoms with Crippen molar-refractivity contribution < 1.29 is 17.6 Å². The molecule has 3 aromatic rings. The third kappa shape index (κ3) is 4.61. The van der Waals surface area contributed by atoms with E-state index in [1.165, 1.54) is 61.8 Å². The first kappa shape index (κ1) is 20.1.